The van der Waals surface area contributed by atoms with E-state index in [0.29, 0.717) is 11.5 Å². The molecule has 1 aliphatic carbocycles. The van der Waals surface area contributed by atoms with Crippen molar-refractivity contribution in [2.75, 3.05) is 6.54 Å². The molecule has 1 atom stereocenters. The number of rotatable bonds is 4. The van der Waals surface area contributed by atoms with Crippen molar-refractivity contribution in [3.05, 3.63) is 34.3 Å². The Labute approximate surface area is 113 Å². The average molecular weight is 296 g/mol. The smallest absolute Gasteiger partial charge is 0.0303 e. The molecule has 1 aromatic carbocycles. The summed E-state index contributed by atoms with van der Waals surface area (Å²) in [6, 6.07) is 8.90. The van der Waals surface area contributed by atoms with Crippen LogP contribution in [0.3, 0.4) is 0 Å². The Bertz CT molecular complexity index is 369. The fourth-order valence-corrected chi connectivity index (χ4v) is 3.37. The molecule has 2 heteroatoms. The Morgan fingerprint density at radius 2 is 1.94 bits per heavy atom. The van der Waals surface area contributed by atoms with Gasteiger partial charge in [0.1, 0.15) is 0 Å². The zero-order valence-electron chi connectivity index (χ0n) is 10.8. The van der Waals surface area contributed by atoms with Crippen molar-refractivity contribution in [2.24, 2.45) is 5.41 Å². The molecule has 1 nitrogen and oxygen atoms in total. The molecule has 0 radical (unpaired) electrons. The highest BCUT2D eigenvalue weighted by molar-refractivity contribution is 9.10. The van der Waals surface area contributed by atoms with Crippen LogP contribution in [0.2, 0.25) is 0 Å². The molecule has 0 amide bonds. The molecule has 0 heterocycles. The molecule has 0 saturated heterocycles. The third-order valence-corrected chi connectivity index (χ3v) is 4.74. The zero-order valence-corrected chi connectivity index (χ0v) is 12.4. The van der Waals surface area contributed by atoms with Gasteiger partial charge < -0.3 is 5.32 Å². The van der Waals surface area contributed by atoms with E-state index in [1.54, 1.807) is 0 Å². The highest BCUT2D eigenvalue weighted by Gasteiger charge is 2.28. The molecule has 0 spiro atoms. The summed E-state index contributed by atoms with van der Waals surface area (Å²) in [4.78, 5) is 0. The van der Waals surface area contributed by atoms with E-state index in [-0.39, 0.29) is 0 Å². The Kier molecular flexibility index (Phi) is 4.26. The summed E-state index contributed by atoms with van der Waals surface area (Å²) in [7, 11) is 0. The van der Waals surface area contributed by atoms with Gasteiger partial charge in [-0.3, -0.25) is 0 Å². The van der Waals surface area contributed by atoms with Gasteiger partial charge in [0.05, 0.1) is 0 Å². The third-order valence-electron chi connectivity index (χ3n) is 4.02. The van der Waals surface area contributed by atoms with Gasteiger partial charge in [0.25, 0.3) is 0 Å². The molecule has 94 valence electrons. The Balaban J connectivity index is 1.93. The summed E-state index contributed by atoms with van der Waals surface area (Å²) in [6.45, 7) is 5.80. The van der Waals surface area contributed by atoms with Gasteiger partial charge in [-0.2, -0.15) is 0 Å². The van der Waals surface area contributed by atoms with Gasteiger partial charge in [-0.15, -0.1) is 0 Å². The first-order valence-corrected chi connectivity index (χ1v) is 7.38. The zero-order chi connectivity index (χ0) is 12.3. The Hall–Kier alpha value is -0.340. The summed E-state index contributed by atoms with van der Waals surface area (Å²) in [5.74, 6) is 0. The van der Waals surface area contributed by atoms with E-state index in [1.165, 1.54) is 35.7 Å². The molecule has 0 bridgehead atoms. The second-order valence-electron chi connectivity index (χ2n) is 5.64. The second-order valence-corrected chi connectivity index (χ2v) is 6.50. The van der Waals surface area contributed by atoms with Crippen LogP contribution in [0.5, 0.6) is 0 Å². The maximum atomic E-state index is 3.69. The molecule has 17 heavy (non-hydrogen) atoms. The van der Waals surface area contributed by atoms with E-state index in [1.807, 2.05) is 0 Å². The molecule has 1 fully saturated rings. The van der Waals surface area contributed by atoms with E-state index in [4.69, 9.17) is 0 Å². The number of hydrogen-bond donors (Lipinski definition) is 1. The van der Waals surface area contributed by atoms with Gasteiger partial charge in [-0.25, -0.2) is 0 Å². The van der Waals surface area contributed by atoms with Crippen LogP contribution in [-0.2, 0) is 0 Å². The Morgan fingerprint density at radius 3 is 2.59 bits per heavy atom. The predicted octanol–water partition coefficient (Wildman–Crippen LogP) is 4.68. The minimum atomic E-state index is 0.419. The molecular formula is C15H22BrN. The lowest BCUT2D eigenvalue weighted by atomic mass is 9.88. The first-order chi connectivity index (χ1) is 8.11. The standard InChI is InChI=1S/C15H22BrN/c1-12(13-7-3-4-8-14(13)16)17-11-15(2)9-5-6-10-15/h3-4,7-8,12,17H,5-6,9-11H2,1-2H3. The Morgan fingerprint density at radius 1 is 1.29 bits per heavy atom. The molecule has 1 unspecified atom stereocenters. The lowest BCUT2D eigenvalue weighted by Gasteiger charge is -2.27. The molecule has 1 N–H and O–H groups in total. The first kappa shape index (κ1) is 13.1. The SMILES string of the molecule is CC(NCC1(C)CCCC1)c1ccccc1Br. The fraction of sp³-hybridized carbons (Fsp3) is 0.600. The summed E-state index contributed by atoms with van der Waals surface area (Å²) in [5.41, 5.74) is 1.88. The number of benzene rings is 1. The molecule has 0 aromatic heterocycles. The molecule has 1 aromatic rings. The maximum Gasteiger partial charge on any atom is 0.0303 e. The number of nitrogens with one attached hydrogen (secondary N) is 1. The summed E-state index contributed by atoms with van der Waals surface area (Å²) in [5, 5.41) is 3.69. The van der Waals surface area contributed by atoms with Gasteiger partial charge in [-0.1, -0.05) is 53.9 Å². The van der Waals surface area contributed by atoms with Crippen molar-refractivity contribution >= 4 is 15.9 Å². The van der Waals surface area contributed by atoms with Gasteiger partial charge in [0, 0.05) is 17.1 Å². The molecule has 1 saturated carbocycles. The average Bonchev–Trinajstić information content (AvgIpc) is 2.74. The first-order valence-electron chi connectivity index (χ1n) is 6.59. The van der Waals surface area contributed by atoms with E-state index in [0.717, 1.165) is 6.54 Å². The van der Waals surface area contributed by atoms with Gasteiger partial charge in [-0.05, 0) is 36.8 Å². The molecule has 2 rings (SSSR count). The van der Waals surface area contributed by atoms with Crippen LogP contribution in [-0.4, -0.2) is 6.54 Å². The van der Waals surface area contributed by atoms with Crippen molar-refractivity contribution in [1.82, 2.24) is 5.32 Å². The highest BCUT2D eigenvalue weighted by atomic mass is 79.9. The van der Waals surface area contributed by atoms with Crippen molar-refractivity contribution < 1.29 is 0 Å². The van der Waals surface area contributed by atoms with Crippen molar-refractivity contribution in [3.8, 4) is 0 Å². The van der Waals surface area contributed by atoms with Gasteiger partial charge in [0.15, 0.2) is 0 Å². The van der Waals surface area contributed by atoms with Gasteiger partial charge >= 0.3 is 0 Å². The van der Waals surface area contributed by atoms with E-state index in [9.17, 15) is 0 Å². The topological polar surface area (TPSA) is 12.0 Å². The predicted molar refractivity (Wildman–Crippen MR) is 77.1 cm³/mol. The fourth-order valence-electron chi connectivity index (χ4n) is 2.74. The lowest BCUT2D eigenvalue weighted by Crippen LogP contribution is -2.31. The molecule has 0 aliphatic heterocycles. The van der Waals surface area contributed by atoms with E-state index in [2.05, 4.69) is 59.4 Å². The second kappa shape index (κ2) is 5.53. The van der Waals surface area contributed by atoms with Crippen LogP contribution < -0.4 is 5.32 Å². The number of hydrogen-bond acceptors (Lipinski definition) is 1. The maximum absolute atomic E-state index is 3.69. The number of halogens is 1. The van der Waals surface area contributed by atoms with Crippen LogP contribution in [0, 0.1) is 5.41 Å². The molecular weight excluding hydrogens is 274 g/mol. The van der Waals surface area contributed by atoms with Crippen LogP contribution in [0.25, 0.3) is 0 Å². The highest BCUT2D eigenvalue weighted by Crippen LogP contribution is 2.37. The normalized spacial score (nSPS) is 20.4. The summed E-state index contributed by atoms with van der Waals surface area (Å²) < 4.78 is 1.21. The van der Waals surface area contributed by atoms with E-state index >= 15 is 0 Å². The van der Waals surface area contributed by atoms with E-state index < -0.39 is 0 Å². The van der Waals surface area contributed by atoms with Crippen molar-refractivity contribution in [2.45, 2.75) is 45.6 Å². The largest absolute Gasteiger partial charge is 0.310 e. The van der Waals surface area contributed by atoms with Crippen molar-refractivity contribution in [1.29, 1.82) is 0 Å². The summed E-state index contributed by atoms with van der Waals surface area (Å²) >= 11 is 3.62. The van der Waals surface area contributed by atoms with Crippen LogP contribution in [0.15, 0.2) is 28.7 Å². The van der Waals surface area contributed by atoms with Crippen LogP contribution >= 0.6 is 15.9 Å². The minimum Gasteiger partial charge on any atom is -0.310 e. The lowest BCUT2D eigenvalue weighted by molar-refractivity contribution is 0.301. The minimum absolute atomic E-state index is 0.419. The summed E-state index contributed by atoms with van der Waals surface area (Å²) in [6.07, 6.45) is 5.56. The van der Waals surface area contributed by atoms with Crippen molar-refractivity contribution in [3.63, 3.8) is 0 Å². The van der Waals surface area contributed by atoms with Crippen LogP contribution in [0.1, 0.15) is 51.1 Å². The molecule has 1 aliphatic rings. The quantitative estimate of drug-likeness (QED) is 0.850. The third kappa shape index (κ3) is 3.32. The van der Waals surface area contributed by atoms with Crippen LogP contribution in [0.4, 0.5) is 0 Å². The van der Waals surface area contributed by atoms with Gasteiger partial charge in [0.2, 0.25) is 0 Å². The monoisotopic (exact) mass is 295 g/mol.